The minimum atomic E-state index is -0.354. The van der Waals surface area contributed by atoms with Crippen LogP contribution in [0.1, 0.15) is 44.9 Å². The van der Waals surface area contributed by atoms with Crippen LogP contribution in [0.5, 0.6) is 0 Å². The van der Waals surface area contributed by atoms with Crippen LogP contribution in [0.15, 0.2) is 0 Å². The number of piperidine rings is 1. The van der Waals surface area contributed by atoms with E-state index in [0.29, 0.717) is 5.92 Å². The van der Waals surface area contributed by atoms with Gasteiger partial charge >= 0.3 is 0 Å². The first-order chi connectivity index (χ1) is 6.71. The van der Waals surface area contributed by atoms with E-state index in [0.717, 1.165) is 19.5 Å². The second-order valence-corrected chi connectivity index (χ2v) is 5.28. The van der Waals surface area contributed by atoms with E-state index < -0.39 is 0 Å². The van der Waals surface area contributed by atoms with Crippen molar-refractivity contribution in [1.29, 1.82) is 0 Å². The lowest BCUT2D eigenvalue weighted by Gasteiger charge is -2.44. The highest BCUT2D eigenvalue weighted by molar-refractivity contribution is 4.93. The van der Waals surface area contributed by atoms with E-state index in [-0.39, 0.29) is 5.60 Å². The molecule has 1 saturated carbocycles. The van der Waals surface area contributed by atoms with Crippen molar-refractivity contribution in [3.63, 3.8) is 0 Å². The van der Waals surface area contributed by atoms with Crippen LogP contribution in [0.4, 0.5) is 0 Å². The summed E-state index contributed by atoms with van der Waals surface area (Å²) in [7, 11) is 2.13. The van der Waals surface area contributed by atoms with E-state index >= 15 is 0 Å². The Morgan fingerprint density at radius 2 is 1.86 bits per heavy atom. The van der Waals surface area contributed by atoms with Gasteiger partial charge in [-0.05, 0) is 45.2 Å². The normalized spacial score (nSPS) is 37.3. The summed E-state index contributed by atoms with van der Waals surface area (Å²) in [6.07, 6.45) is 8.75. The molecule has 0 aromatic rings. The van der Waals surface area contributed by atoms with Crippen molar-refractivity contribution in [3.05, 3.63) is 0 Å². The first-order valence-corrected chi connectivity index (χ1v) is 6.12. The van der Waals surface area contributed by atoms with Crippen LogP contribution in [0, 0.1) is 5.92 Å². The van der Waals surface area contributed by atoms with Gasteiger partial charge in [-0.2, -0.15) is 0 Å². The smallest absolute Gasteiger partial charge is 0.0802 e. The van der Waals surface area contributed by atoms with Crippen LogP contribution < -0.4 is 0 Å². The number of hydrogen-bond donors (Lipinski definition) is 1. The molecule has 1 unspecified atom stereocenters. The molecule has 14 heavy (non-hydrogen) atoms. The summed E-state index contributed by atoms with van der Waals surface area (Å²) < 4.78 is 0. The molecule has 1 saturated heterocycles. The van der Waals surface area contributed by atoms with Crippen molar-refractivity contribution < 1.29 is 5.11 Å². The summed E-state index contributed by atoms with van der Waals surface area (Å²) >= 11 is 0. The van der Waals surface area contributed by atoms with E-state index in [4.69, 9.17) is 0 Å². The molecule has 2 fully saturated rings. The minimum Gasteiger partial charge on any atom is -0.388 e. The maximum atomic E-state index is 10.6. The van der Waals surface area contributed by atoms with Gasteiger partial charge in [-0.15, -0.1) is 0 Å². The Morgan fingerprint density at radius 3 is 2.50 bits per heavy atom. The molecule has 2 rings (SSSR count). The molecule has 1 heterocycles. The Kier molecular flexibility index (Phi) is 3.13. The molecular weight excluding hydrogens is 174 g/mol. The Balaban J connectivity index is 1.98. The molecule has 0 aromatic heterocycles. The zero-order valence-electron chi connectivity index (χ0n) is 9.34. The minimum absolute atomic E-state index is 0.354. The molecule has 2 nitrogen and oxygen atoms in total. The van der Waals surface area contributed by atoms with Gasteiger partial charge in [0, 0.05) is 6.54 Å². The van der Waals surface area contributed by atoms with Gasteiger partial charge in [0.2, 0.25) is 0 Å². The van der Waals surface area contributed by atoms with Gasteiger partial charge in [0.25, 0.3) is 0 Å². The highest BCUT2D eigenvalue weighted by Crippen LogP contribution is 2.37. The maximum Gasteiger partial charge on any atom is 0.0802 e. The predicted molar refractivity (Wildman–Crippen MR) is 58.3 cm³/mol. The molecule has 0 amide bonds. The lowest BCUT2D eigenvalue weighted by molar-refractivity contribution is -0.0791. The quantitative estimate of drug-likeness (QED) is 0.695. The topological polar surface area (TPSA) is 23.5 Å². The molecule has 0 aromatic carbocycles. The second kappa shape index (κ2) is 4.19. The Hall–Kier alpha value is -0.0800. The molecule has 0 spiro atoms. The largest absolute Gasteiger partial charge is 0.388 e. The number of nitrogens with zero attached hydrogens (tertiary/aromatic N) is 1. The lowest BCUT2D eigenvalue weighted by Crippen LogP contribution is -2.51. The number of aliphatic hydroxyl groups is 1. The van der Waals surface area contributed by atoms with Crippen molar-refractivity contribution in [2.45, 2.75) is 50.5 Å². The SMILES string of the molecule is CN1CCCC(O)(C2CCCCC2)C1. The molecule has 1 atom stereocenters. The monoisotopic (exact) mass is 197 g/mol. The van der Waals surface area contributed by atoms with Crippen molar-refractivity contribution in [2.75, 3.05) is 20.1 Å². The predicted octanol–water partition coefficient (Wildman–Crippen LogP) is 2.02. The molecule has 1 N–H and O–H groups in total. The van der Waals surface area contributed by atoms with Crippen LogP contribution in [-0.2, 0) is 0 Å². The Bertz CT molecular complexity index is 189. The molecule has 2 aliphatic rings. The van der Waals surface area contributed by atoms with Crippen LogP contribution >= 0.6 is 0 Å². The molecule has 0 radical (unpaired) electrons. The van der Waals surface area contributed by atoms with Gasteiger partial charge in [-0.3, -0.25) is 0 Å². The number of likely N-dealkylation sites (tertiary alicyclic amines) is 1. The van der Waals surface area contributed by atoms with Gasteiger partial charge in [0.1, 0.15) is 0 Å². The summed E-state index contributed by atoms with van der Waals surface area (Å²) in [5.74, 6) is 0.582. The Labute approximate surface area is 87.3 Å². The number of rotatable bonds is 1. The Morgan fingerprint density at radius 1 is 1.14 bits per heavy atom. The van der Waals surface area contributed by atoms with Crippen molar-refractivity contribution in [2.24, 2.45) is 5.92 Å². The van der Waals surface area contributed by atoms with Crippen LogP contribution in [0.3, 0.4) is 0 Å². The average molecular weight is 197 g/mol. The van der Waals surface area contributed by atoms with Gasteiger partial charge < -0.3 is 10.0 Å². The summed E-state index contributed by atoms with van der Waals surface area (Å²) in [6, 6.07) is 0. The molecule has 1 aliphatic heterocycles. The maximum absolute atomic E-state index is 10.6. The van der Waals surface area contributed by atoms with Gasteiger partial charge in [-0.25, -0.2) is 0 Å². The highest BCUT2D eigenvalue weighted by Gasteiger charge is 2.39. The molecule has 0 bridgehead atoms. The zero-order valence-corrected chi connectivity index (χ0v) is 9.34. The third kappa shape index (κ3) is 2.12. The summed E-state index contributed by atoms with van der Waals surface area (Å²) in [5.41, 5.74) is -0.354. The van der Waals surface area contributed by atoms with Gasteiger partial charge in [0.05, 0.1) is 5.60 Å². The molecule has 2 heteroatoms. The van der Waals surface area contributed by atoms with Crippen molar-refractivity contribution in [3.8, 4) is 0 Å². The van der Waals surface area contributed by atoms with Gasteiger partial charge in [0.15, 0.2) is 0 Å². The molecule has 1 aliphatic carbocycles. The fourth-order valence-corrected chi connectivity index (χ4v) is 3.25. The van der Waals surface area contributed by atoms with Crippen molar-refractivity contribution >= 4 is 0 Å². The molecule has 82 valence electrons. The number of likely N-dealkylation sites (N-methyl/N-ethyl adjacent to an activating group) is 1. The van der Waals surface area contributed by atoms with Crippen LogP contribution in [0.25, 0.3) is 0 Å². The van der Waals surface area contributed by atoms with E-state index in [1.165, 1.54) is 38.5 Å². The average Bonchev–Trinajstić information content (AvgIpc) is 2.19. The van der Waals surface area contributed by atoms with E-state index in [2.05, 4.69) is 11.9 Å². The number of β-amino-alcohol motifs (C(OH)–C–C–N with tert-alkyl or cyclic N) is 1. The van der Waals surface area contributed by atoms with E-state index in [9.17, 15) is 5.11 Å². The van der Waals surface area contributed by atoms with E-state index in [1.807, 2.05) is 0 Å². The third-order valence-corrected chi connectivity index (χ3v) is 4.06. The summed E-state index contributed by atoms with van der Waals surface area (Å²) in [6.45, 7) is 2.06. The summed E-state index contributed by atoms with van der Waals surface area (Å²) in [4.78, 5) is 2.29. The van der Waals surface area contributed by atoms with Crippen molar-refractivity contribution in [1.82, 2.24) is 4.90 Å². The summed E-state index contributed by atoms with van der Waals surface area (Å²) in [5, 5.41) is 10.6. The fraction of sp³-hybridized carbons (Fsp3) is 1.00. The first-order valence-electron chi connectivity index (χ1n) is 6.12. The zero-order chi connectivity index (χ0) is 10.0. The lowest BCUT2D eigenvalue weighted by atomic mass is 9.73. The van der Waals surface area contributed by atoms with Crippen LogP contribution in [-0.4, -0.2) is 35.7 Å². The first kappa shape index (κ1) is 10.4. The fourth-order valence-electron chi connectivity index (χ4n) is 3.25. The standard InChI is InChI=1S/C12H23NO/c1-13-9-5-8-12(14,10-13)11-6-3-2-4-7-11/h11,14H,2-10H2,1H3. The number of hydrogen-bond acceptors (Lipinski definition) is 2. The molecular formula is C12H23NO. The highest BCUT2D eigenvalue weighted by atomic mass is 16.3. The third-order valence-electron chi connectivity index (χ3n) is 4.06. The van der Waals surface area contributed by atoms with Crippen LogP contribution in [0.2, 0.25) is 0 Å². The van der Waals surface area contributed by atoms with Gasteiger partial charge in [-0.1, -0.05) is 19.3 Å². The second-order valence-electron chi connectivity index (χ2n) is 5.28. The van der Waals surface area contributed by atoms with E-state index in [1.54, 1.807) is 0 Å².